The summed E-state index contributed by atoms with van der Waals surface area (Å²) in [5.74, 6) is 0.677. The number of ether oxygens (including phenoxy) is 1. The van der Waals surface area contributed by atoms with E-state index >= 15 is 0 Å². The van der Waals surface area contributed by atoms with Gasteiger partial charge in [-0.1, -0.05) is 6.92 Å². The van der Waals surface area contributed by atoms with Gasteiger partial charge in [-0.2, -0.15) is 0 Å². The van der Waals surface area contributed by atoms with Gasteiger partial charge in [-0.3, -0.25) is 4.79 Å². The number of halogens is 1. The van der Waals surface area contributed by atoms with Crippen LogP contribution in [0, 0.1) is 11.2 Å². The first-order chi connectivity index (χ1) is 14.3. The van der Waals surface area contributed by atoms with E-state index in [-0.39, 0.29) is 17.5 Å². The van der Waals surface area contributed by atoms with Gasteiger partial charge in [0.1, 0.15) is 17.9 Å². The Bertz CT molecular complexity index is 937. The van der Waals surface area contributed by atoms with Crippen LogP contribution >= 0.6 is 0 Å². The van der Waals surface area contributed by atoms with E-state index in [1.54, 1.807) is 18.1 Å². The topological polar surface area (TPSA) is 61.8 Å². The number of benzene rings is 1. The second-order valence-corrected chi connectivity index (χ2v) is 8.62. The van der Waals surface area contributed by atoms with Crippen LogP contribution in [0.5, 0.6) is 11.5 Å². The summed E-state index contributed by atoms with van der Waals surface area (Å²) in [7, 11) is 1.69. The maximum atomic E-state index is 13.9. The SMILES string of the molecule is CCN1CC2(C1)CN(c1ncncc1Oc1ccc(F)cc1C(=O)N(C)C(C)C)C2. The summed E-state index contributed by atoms with van der Waals surface area (Å²) in [6.07, 6.45) is 3.09. The highest BCUT2D eigenvalue weighted by Gasteiger charge is 2.52. The van der Waals surface area contributed by atoms with Crippen LogP contribution in [0.25, 0.3) is 0 Å². The lowest BCUT2D eigenvalue weighted by atomic mass is 9.73. The summed E-state index contributed by atoms with van der Waals surface area (Å²) in [6.45, 7) is 11.1. The van der Waals surface area contributed by atoms with Crippen molar-refractivity contribution in [3.63, 3.8) is 0 Å². The van der Waals surface area contributed by atoms with Crippen molar-refractivity contribution in [3.05, 3.63) is 42.1 Å². The molecule has 2 saturated heterocycles. The molecule has 1 aromatic heterocycles. The number of anilines is 1. The highest BCUT2D eigenvalue weighted by Crippen LogP contribution is 2.44. The second-order valence-electron chi connectivity index (χ2n) is 8.62. The van der Waals surface area contributed by atoms with Crippen LogP contribution in [0.4, 0.5) is 10.2 Å². The van der Waals surface area contributed by atoms with Gasteiger partial charge >= 0.3 is 0 Å². The zero-order valence-corrected chi connectivity index (χ0v) is 17.9. The average molecular weight is 413 g/mol. The van der Waals surface area contributed by atoms with Gasteiger partial charge in [-0.15, -0.1) is 0 Å². The molecule has 2 fully saturated rings. The number of carbonyl (C=O) groups excluding carboxylic acids is 1. The van der Waals surface area contributed by atoms with Gasteiger partial charge < -0.3 is 19.4 Å². The zero-order chi connectivity index (χ0) is 21.5. The Kier molecular flexibility index (Phi) is 5.36. The second kappa shape index (κ2) is 7.83. The Morgan fingerprint density at radius 1 is 1.27 bits per heavy atom. The summed E-state index contributed by atoms with van der Waals surface area (Å²) in [5, 5.41) is 0. The van der Waals surface area contributed by atoms with E-state index < -0.39 is 5.82 Å². The number of hydrogen-bond acceptors (Lipinski definition) is 6. The molecule has 160 valence electrons. The van der Waals surface area contributed by atoms with E-state index in [4.69, 9.17) is 4.74 Å². The molecule has 1 amide bonds. The van der Waals surface area contributed by atoms with Crippen LogP contribution in [0.1, 0.15) is 31.1 Å². The molecule has 7 nitrogen and oxygen atoms in total. The lowest BCUT2D eigenvalue weighted by Gasteiger charge is -2.60. The van der Waals surface area contributed by atoms with E-state index in [0.717, 1.165) is 32.7 Å². The predicted molar refractivity (Wildman–Crippen MR) is 112 cm³/mol. The minimum Gasteiger partial charge on any atom is -0.451 e. The van der Waals surface area contributed by atoms with Crippen LogP contribution in [0.3, 0.4) is 0 Å². The third-order valence-corrected chi connectivity index (χ3v) is 6.06. The molecule has 0 saturated carbocycles. The van der Waals surface area contributed by atoms with Crippen molar-refractivity contribution >= 4 is 11.7 Å². The number of nitrogens with zero attached hydrogens (tertiary/aromatic N) is 5. The molecule has 0 unspecified atom stereocenters. The standard InChI is InChI=1S/C22H28FN5O2/c1-5-27-10-22(11-27)12-28(13-22)20-19(9-24-14-25-20)30-18-7-6-16(23)8-17(18)21(29)26(4)15(2)3/h6-9,14-15H,5,10-13H2,1-4H3. The average Bonchev–Trinajstić information content (AvgIpc) is 2.67. The molecule has 0 atom stereocenters. The molecule has 4 rings (SSSR count). The van der Waals surface area contributed by atoms with Gasteiger partial charge in [0, 0.05) is 44.7 Å². The first-order valence-electron chi connectivity index (χ1n) is 10.3. The molecule has 0 radical (unpaired) electrons. The molecule has 8 heteroatoms. The van der Waals surface area contributed by atoms with E-state index in [1.807, 2.05) is 13.8 Å². The molecular formula is C22H28FN5O2. The van der Waals surface area contributed by atoms with Crippen LogP contribution in [0.15, 0.2) is 30.7 Å². The van der Waals surface area contributed by atoms with Crippen molar-refractivity contribution < 1.29 is 13.9 Å². The van der Waals surface area contributed by atoms with Gasteiger partial charge in [-0.05, 0) is 38.6 Å². The third kappa shape index (κ3) is 3.71. The van der Waals surface area contributed by atoms with Crippen LogP contribution in [-0.4, -0.2) is 71.5 Å². The molecule has 1 aromatic carbocycles. The van der Waals surface area contributed by atoms with E-state index in [9.17, 15) is 9.18 Å². The predicted octanol–water partition coefficient (Wildman–Crippen LogP) is 3.03. The summed E-state index contributed by atoms with van der Waals surface area (Å²) in [4.78, 5) is 27.5. The molecule has 30 heavy (non-hydrogen) atoms. The largest absolute Gasteiger partial charge is 0.451 e. The van der Waals surface area contributed by atoms with Crippen molar-refractivity contribution in [3.8, 4) is 11.5 Å². The highest BCUT2D eigenvalue weighted by molar-refractivity contribution is 5.97. The summed E-state index contributed by atoms with van der Waals surface area (Å²) >= 11 is 0. The van der Waals surface area contributed by atoms with Gasteiger partial charge in [-0.25, -0.2) is 14.4 Å². The van der Waals surface area contributed by atoms with E-state index in [0.29, 0.717) is 22.7 Å². The number of carbonyl (C=O) groups is 1. The molecule has 2 aromatic rings. The first kappa shape index (κ1) is 20.5. The van der Waals surface area contributed by atoms with Crippen molar-refractivity contribution in [1.82, 2.24) is 19.8 Å². The normalized spacial score (nSPS) is 17.6. The molecule has 0 bridgehead atoms. The third-order valence-electron chi connectivity index (χ3n) is 6.06. The van der Waals surface area contributed by atoms with Crippen molar-refractivity contribution in [1.29, 1.82) is 0 Å². The fourth-order valence-corrected chi connectivity index (χ4v) is 4.16. The fraction of sp³-hybridized carbons (Fsp3) is 0.500. The van der Waals surface area contributed by atoms with Crippen molar-refractivity contribution in [2.24, 2.45) is 5.41 Å². The minimum absolute atomic E-state index is 0.0216. The summed E-state index contributed by atoms with van der Waals surface area (Å²) in [5.41, 5.74) is 0.522. The summed E-state index contributed by atoms with van der Waals surface area (Å²) in [6, 6.07) is 3.96. The fourth-order valence-electron chi connectivity index (χ4n) is 4.16. The van der Waals surface area contributed by atoms with Gasteiger partial charge in [0.15, 0.2) is 11.6 Å². The zero-order valence-electron chi connectivity index (χ0n) is 17.9. The molecule has 3 heterocycles. The quantitative estimate of drug-likeness (QED) is 0.726. The van der Waals surface area contributed by atoms with Crippen LogP contribution in [0.2, 0.25) is 0 Å². The van der Waals surface area contributed by atoms with Gasteiger partial charge in [0.25, 0.3) is 5.91 Å². The molecule has 0 aliphatic carbocycles. The van der Waals surface area contributed by atoms with Gasteiger partial charge in [0.05, 0.1) is 11.8 Å². The van der Waals surface area contributed by atoms with E-state index in [2.05, 4.69) is 26.7 Å². The Morgan fingerprint density at radius 2 is 2.00 bits per heavy atom. The maximum absolute atomic E-state index is 13.9. The summed E-state index contributed by atoms with van der Waals surface area (Å²) < 4.78 is 20.0. The number of amides is 1. The van der Waals surface area contributed by atoms with Crippen molar-refractivity contribution in [2.75, 3.05) is 44.7 Å². The Labute approximate surface area is 176 Å². The molecule has 2 aliphatic rings. The van der Waals surface area contributed by atoms with E-state index in [1.165, 1.54) is 24.5 Å². The first-order valence-corrected chi connectivity index (χ1v) is 10.3. The molecule has 2 aliphatic heterocycles. The maximum Gasteiger partial charge on any atom is 0.257 e. The Balaban J connectivity index is 1.56. The number of aromatic nitrogens is 2. The molecular weight excluding hydrogens is 385 g/mol. The minimum atomic E-state index is -0.484. The van der Waals surface area contributed by atoms with Crippen LogP contribution < -0.4 is 9.64 Å². The number of hydrogen-bond donors (Lipinski definition) is 0. The molecule has 1 spiro atoms. The van der Waals surface area contributed by atoms with Crippen LogP contribution in [-0.2, 0) is 0 Å². The number of likely N-dealkylation sites (tertiary alicyclic amines) is 1. The Hall–Kier alpha value is -2.74. The lowest BCUT2D eigenvalue weighted by molar-refractivity contribution is -0.0183. The monoisotopic (exact) mass is 413 g/mol. The lowest BCUT2D eigenvalue weighted by Crippen LogP contribution is -2.72. The highest BCUT2D eigenvalue weighted by atomic mass is 19.1. The van der Waals surface area contributed by atoms with Crippen molar-refractivity contribution in [2.45, 2.75) is 26.8 Å². The van der Waals surface area contributed by atoms with Gasteiger partial charge in [0.2, 0.25) is 0 Å². The Morgan fingerprint density at radius 3 is 2.67 bits per heavy atom. The molecule has 0 N–H and O–H groups in total. The number of rotatable bonds is 6. The smallest absolute Gasteiger partial charge is 0.257 e.